The monoisotopic (exact) mass is 258 g/mol. The van der Waals surface area contributed by atoms with E-state index in [0.29, 0.717) is 5.69 Å². The third kappa shape index (κ3) is 2.67. The molecule has 0 aliphatic rings. The Kier molecular flexibility index (Phi) is 3.69. The van der Waals surface area contributed by atoms with E-state index >= 15 is 0 Å². The van der Waals surface area contributed by atoms with Crippen molar-refractivity contribution in [3.8, 4) is 11.1 Å². The highest BCUT2D eigenvalue weighted by atomic mass is 16.4. The van der Waals surface area contributed by atoms with E-state index in [1.807, 2.05) is 26.1 Å². The summed E-state index contributed by atoms with van der Waals surface area (Å²) < 4.78 is 1.74. The van der Waals surface area contributed by atoms with Gasteiger partial charge < -0.3 is 5.11 Å². The minimum atomic E-state index is -0.857. The minimum absolute atomic E-state index is 0.0491. The number of nitrogens with zero attached hydrogens (tertiary/aromatic N) is 2. The molecule has 0 amide bonds. The summed E-state index contributed by atoms with van der Waals surface area (Å²) in [6.45, 7) is 4.07. The Labute approximate surface area is 112 Å². The van der Waals surface area contributed by atoms with Crippen molar-refractivity contribution in [1.29, 1.82) is 0 Å². The largest absolute Gasteiger partial charge is 0.481 e. The number of carbonyl (C=O) groups is 1. The van der Waals surface area contributed by atoms with Crippen molar-refractivity contribution >= 4 is 5.97 Å². The highest BCUT2D eigenvalue weighted by Crippen LogP contribution is 2.27. The van der Waals surface area contributed by atoms with E-state index in [1.165, 1.54) is 5.56 Å². The first kappa shape index (κ1) is 13.3. The third-order valence-electron chi connectivity index (χ3n) is 3.38. The van der Waals surface area contributed by atoms with Gasteiger partial charge >= 0.3 is 5.97 Å². The van der Waals surface area contributed by atoms with Gasteiger partial charge in [0, 0.05) is 18.3 Å². The fourth-order valence-corrected chi connectivity index (χ4v) is 2.23. The fraction of sp³-hybridized carbons (Fsp3) is 0.333. The van der Waals surface area contributed by atoms with Crippen LogP contribution in [-0.2, 0) is 24.7 Å². The number of carboxylic acids is 1. The average Bonchev–Trinajstić information content (AvgIpc) is 2.64. The molecular formula is C15H18N2O2. The molecule has 0 spiro atoms. The lowest BCUT2D eigenvalue weighted by molar-refractivity contribution is -0.136. The molecule has 0 bridgehead atoms. The number of benzene rings is 1. The molecule has 1 heterocycles. The SMILES string of the molecule is CCc1ccc(-c2c(CC(=O)O)nn(C)c2C)cc1. The van der Waals surface area contributed by atoms with E-state index in [4.69, 9.17) is 5.11 Å². The van der Waals surface area contributed by atoms with E-state index < -0.39 is 5.97 Å². The van der Waals surface area contributed by atoms with E-state index in [0.717, 1.165) is 23.2 Å². The number of aromatic nitrogens is 2. The molecule has 4 nitrogen and oxygen atoms in total. The van der Waals surface area contributed by atoms with Gasteiger partial charge in [-0.1, -0.05) is 31.2 Å². The van der Waals surface area contributed by atoms with Gasteiger partial charge in [-0.25, -0.2) is 0 Å². The molecule has 4 heteroatoms. The van der Waals surface area contributed by atoms with Gasteiger partial charge in [0.15, 0.2) is 0 Å². The molecule has 0 aliphatic heterocycles. The van der Waals surface area contributed by atoms with Gasteiger partial charge in [-0.3, -0.25) is 9.48 Å². The van der Waals surface area contributed by atoms with Crippen LogP contribution in [0.2, 0.25) is 0 Å². The van der Waals surface area contributed by atoms with E-state index in [1.54, 1.807) is 4.68 Å². The first-order chi connectivity index (χ1) is 9.02. The van der Waals surface area contributed by atoms with Gasteiger partial charge in [0.05, 0.1) is 12.1 Å². The van der Waals surface area contributed by atoms with E-state index in [2.05, 4.69) is 24.2 Å². The molecule has 1 aromatic carbocycles. The van der Waals surface area contributed by atoms with Gasteiger partial charge in [-0.05, 0) is 24.5 Å². The summed E-state index contributed by atoms with van der Waals surface area (Å²) in [5.41, 5.74) is 4.84. The van der Waals surface area contributed by atoms with Crippen LogP contribution < -0.4 is 0 Å². The first-order valence-corrected chi connectivity index (χ1v) is 6.36. The van der Waals surface area contributed by atoms with Crippen molar-refractivity contribution < 1.29 is 9.90 Å². The molecule has 0 atom stereocenters. The molecule has 0 aliphatic carbocycles. The van der Waals surface area contributed by atoms with E-state index in [9.17, 15) is 4.79 Å². The van der Waals surface area contributed by atoms with Crippen LogP contribution in [0, 0.1) is 6.92 Å². The van der Waals surface area contributed by atoms with Crippen LogP contribution >= 0.6 is 0 Å². The van der Waals surface area contributed by atoms with Crippen molar-refractivity contribution in [1.82, 2.24) is 9.78 Å². The Morgan fingerprint density at radius 3 is 2.47 bits per heavy atom. The lowest BCUT2D eigenvalue weighted by Gasteiger charge is -2.04. The highest BCUT2D eigenvalue weighted by molar-refractivity contribution is 5.76. The maximum Gasteiger partial charge on any atom is 0.309 e. The molecule has 1 aromatic heterocycles. The number of aryl methyl sites for hydroxylation is 2. The average molecular weight is 258 g/mol. The molecule has 19 heavy (non-hydrogen) atoms. The molecular weight excluding hydrogens is 240 g/mol. The predicted octanol–water partition coefficient (Wildman–Crippen LogP) is 2.59. The Morgan fingerprint density at radius 1 is 1.32 bits per heavy atom. The number of hydrogen-bond donors (Lipinski definition) is 1. The maximum atomic E-state index is 10.9. The number of carboxylic acid groups (broad SMARTS) is 1. The first-order valence-electron chi connectivity index (χ1n) is 6.36. The third-order valence-corrected chi connectivity index (χ3v) is 3.38. The lowest BCUT2D eigenvalue weighted by atomic mass is 10.00. The Balaban J connectivity index is 2.49. The summed E-state index contributed by atoms with van der Waals surface area (Å²) in [4.78, 5) is 10.9. The van der Waals surface area contributed by atoms with Crippen molar-refractivity contribution in [2.45, 2.75) is 26.7 Å². The molecule has 2 rings (SSSR count). The Morgan fingerprint density at radius 2 is 1.95 bits per heavy atom. The molecule has 0 saturated carbocycles. The van der Waals surface area contributed by atoms with Crippen LogP contribution in [0.5, 0.6) is 0 Å². The summed E-state index contributed by atoms with van der Waals surface area (Å²) in [5.74, 6) is -0.857. The van der Waals surface area contributed by atoms with Crippen molar-refractivity contribution in [2.24, 2.45) is 7.05 Å². The van der Waals surface area contributed by atoms with Crippen LogP contribution in [0.15, 0.2) is 24.3 Å². The molecule has 0 unspecified atom stereocenters. The minimum Gasteiger partial charge on any atom is -0.481 e. The van der Waals surface area contributed by atoms with E-state index in [-0.39, 0.29) is 6.42 Å². The summed E-state index contributed by atoms with van der Waals surface area (Å²) in [6.07, 6.45) is 0.945. The zero-order valence-corrected chi connectivity index (χ0v) is 11.5. The summed E-state index contributed by atoms with van der Waals surface area (Å²) in [5, 5.41) is 13.3. The quantitative estimate of drug-likeness (QED) is 0.917. The summed E-state index contributed by atoms with van der Waals surface area (Å²) in [7, 11) is 1.84. The van der Waals surface area contributed by atoms with Gasteiger partial charge in [0.2, 0.25) is 0 Å². The van der Waals surface area contributed by atoms with Crippen LogP contribution in [-0.4, -0.2) is 20.9 Å². The normalized spacial score (nSPS) is 10.7. The standard InChI is InChI=1S/C15H18N2O2/c1-4-11-5-7-12(8-6-11)15-10(2)17(3)16-13(15)9-14(18)19/h5-8H,4,9H2,1-3H3,(H,18,19). The van der Waals surface area contributed by atoms with Gasteiger partial charge in [-0.2, -0.15) is 5.10 Å². The lowest BCUT2D eigenvalue weighted by Crippen LogP contribution is -2.02. The van der Waals surface area contributed by atoms with Crippen LogP contribution in [0.25, 0.3) is 11.1 Å². The number of rotatable bonds is 4. The van der Waals surface area contributed by atoms with Crippen LogP contribution in [0.4, 0.5) is 0 Å². The zero-order chi connectivity index (χ0) is 14.0. The second-order valence-electron chi connectivity index (χ2n) is 4.65. The topological polar surface area (TPSA) is 55.1 Å². The van der Waals surface area contributed by atoms with Crippen molar-refractivity contribution in [3.63, 3.8) is 0 Å². The summed E-state index contributed by atoms with van der Waals surface area (Å²) >= 11 is 0. The van der Waals surface area contributed by atoms with Gasteiger partial charge in [0.1, 0.15) is 0 Å². The Bertz CT molecular complexity index is 597. The molecule has 0 fully saturated rings. The fourth-order valence-electron chi connectivity index (χ4n) is 2.23. The summed E-state index contributed by atoms with van der Waals surface area (Å²) in [6, 6.07) is 8.22. The molecule has 0 radical (unpaired) electrons. The van der Waals surface area contributed by atoms with Crippen LogP contribution in [0.3, 0.4) is 0 Å². The maximum absolute atomic E-state index is 10.9. The predicted molar refractivity (Wildman–Crippen MR) is 74.1 cm³/mol. The van der Waals surface area contributed by atoms with Crippen molar-refractivity contribution in [3.05, 3.63) is 41.2 Å². The van der Waals surface area contributed by atoms with Gasteiger partial charge in [-0.15, -0.1) is 0 Å². The number of hydrogen-bond acceptors (Lipinski definition) is 2. The smallest absolute Gasteiger partial charge is 0.309 e. The zero-order valence-electron chi connectivity index (χ0n) is 11.5. The van der Waals surface area contributed by atoms with Crippen LogP contribution in [0.1, 0.15) is 23.9 Å². The molecule has 100 valence electrons. The molecule has 0 saturated heterocycles. The second kappa shape index (κ2) is 5.26. The molecule has 1 N–H and O–H groups in total. The highest BCUT2D eigenvalue weighted by Gasteiger charge is 2.16. The second-order valence-corrected chi connectivity index (χ2v) is 4.65. The number of aliphatic carboxylic acids is 1. The Hall–Kier alpha value is -2.10. The van der Waals surface area contributed by atoms with Crippen molar-refractivity contribution in [2.75, 3.05) is 0 Å². The molecule has 2 aromatic rings. The van der Waals surface area contributed by atoms with Gasteiger partial charge in [0.25, 0.3) is 0 Å².